The maximum Gasteiger partial charge on any atom is 0.272 e. The molecule has 0 saturated carbocycles. The van der Waals surface area contributed by atoms with Crippen molar-refractivity contribution >= 4 is 11.7 Å². The lowest BCUT2D eigenvalue weighted by molar-refractivity contribution is 0.0945. The molecular weight excluding hydrogens is 304 g/mol. The molecule has 1 aliphatic heterocycles. The molecule has 3 N–H and O–H groups in total. The number of imidazole rings is 1. The van der Waals surface area contributed by atoms with Crippen LogP contribution in [0.4, 0.5) is 5.82 Å². The number of hydrogen-bond acceptors (Lipinski definition) is 4. The molecule has 122 valence electrons. The Labute approximate surface area is 139 Å². The number of rotatable bonds is 4. The van der Waals surface area contributed by atoms with Crippen LogP contribution in [0.1, 0.15) is 22.5 Å². The third kappa shape index (κ3) is 2.76. The average molecular weight is 322 g/mol. The first-order chi connectivity index (χ1) is 11.8. The minimum atomic E-state index is -0.173. The van der Waals surface area contributed by atoms with Gasteiger partial charge < -0.3 is 15.6 Å². The molecule has 2 aromatic heterocycles. The van der Waals surface area contributed by atoms with E-state index in [1.54, 1.807) is 18.5 Å². The van der Waals surface area contributed by atoms with Gasteiger partial charge in [0, 0.05) is 43.7 Å². The maximum atomic E-state index is 12.4. The van der Waals surface area contributed by atoms with E-state index >= 15 is 0 Å². The quantitative estimate of drug-likeness (QED) is 0.686. The SMILES string of the molecule is O=C(NCc1ccccc1-c1ncc[nH]1)c1cc2n(n1)CCCN2. The smallest absolute Gasteiger partial charge is 0.272 e. The molecule has 0 atom stereocenters. The number of nitrogens with zero attached hydrogens (tertiary/aromatic N) is 3. The third-order valence-corrected chi connectivity index (χ3v) is 4.08. The summed E-state index contributed by atoms with van der Waals surface area (Å²) in [5, 5.41) is 10.5. The molecule has 1 aliphatic rings. The fourth-order valence-corrected chi connectivity index (χ4v) is 2.87. The molecule has 7 heteroatoms. The highest BCUT2D eigenvalue weighted by Crippen LogP contribution is 2.20. The van der Waals surface area contributed by atoms with Crippen molar-refractivity contribution in [2.75, 3.05) is 11.9 Å². The van der Waals surface area contributed by atoms with Crippen LogP contribution >= 0.6 is 0 Å². The molecule has 0 spiro atoms. The predicted octanol–water partition coefficient (Wildman–Crippen LogP) is 2.02. The van der Waals surface area contributed by atoms with E-state index in [1.165, 1.54) is 0 Å². The van der Waals surface area contributed by atoms with E-state index in [4.69, 9.17) is 0 Å². The van der Waals surface area contributed by atoms with Gasteiger partial charge in [0.25, 0.3) is 5.91 Å². The molecule has 4 rings (SSSR count). The summed E-state index contributed by atoms with van der Waals surface area (Å²) in [7, 11) is 0. The maximum absolute atomic E-state index is 12.4. The number of benzene rings is 1. The Morgan fingerprint density at radius 2 is 2.25 bits per heavy atom. The molecule has 7 nitrogen and oxygen atoms in total. The largest absolute Gasteiger partial charge is 0.370 e. The molecule has 0 aliphatic carbocycles. The number of amides is 1. The molecule has 0 radical (unpaired) electrons. The summed E-state index contributed by atoms with van der Waals surface area (Å²) >= 11 is 0. The van der Waals surface area contributed by atoms with Gasteiger partial charge in [-0.15, -0.1) is 0 Å². The number of hydrogen-bond donors (Lipinski definition) is 3. The van der Waals surface area contributed by atoms with Crippen molar-refractivity contribution in [2.45, 2.75) is 19.5 Å². The summed E-state index contributed by atoms with van der Waals surface area (Å²) in [6.45, 7) is 2.19. The van der Waals surface area contributed by atoms with E-state index in [0.717, 1.165) is 42.3 Å². The third-order valence-electron chi connectivity index (χ3n) is 4.08. The van der Waals surface area contributed by atoms with E-state index in [0.29, 0.717) is 12.2 Å². The lowest BCUT2D eigenvalue weighted by atomic mass is 10.1. The average Bonchev–Trinajstić information content (AvgIpc) is 3.29. The highest BCUT2D eigenvalue weighted by molar-refractivity contribution is 5.93. The molecule has 0 saturated heterocycles. The number of aromatic amines is 1. The number of carbonyl (C=O) groups excluding carboxylic acids is 1. The topological polar surface area (TPSA) is 87.6 Å². The molecule has 0 fully saturated rings. The minimum Gasteiger partial charge on any atom is -0.370 e. The monoisotopic (exact) mass is 322 g/mol. The minimum absolute atomic E-state index is 0.173. The number of carbonyl (C=O) groups is 1. The van der Waals surface area contributed by atoms with Gasteiger partial charge in [0.1, 0.15) is 11.6 Å². The molecule has 24 heavy (non-hydrogen) atoms. The zero-order valence-corrected chi connectivity index (χ0v) is 13.1. The lowest BCUT2D eigenvalue weighted by Crippen LogP contribution is -2.24. The molecule has 0 unspecified atom stereocenters. The predicted molar refractivity (Wildman–Crippen MR) is 90.5 cm³/mol. The summed E-state index contributed by atoms with van der Waals surface area (Å²) in [5.41, 5.74) is 2.42. The van der Waals surface area contributed by atoms with Crippen molar-refractivity contribution in [3.05, 3.63) is 54.0 Å². The summed E-state index contributed by atoms with van der Waals surface area (Å²) in [5.74, 6) is 1.52. The van der Waals surface area contributed by atoms with Crippen LogP contribution in [0.2, 0.25) is 0 Å². The van der Waals surface area contributed by atoms with Crippen molar-refractivity contribution in [3.8, 4) is 11.4 Å². The zero-order valence-electron chi connectivity index (χ0n) is 13.1. The van der Waals surface area contributed by atoms with E-state index in [1.807, 2.05) is 28.9 Å². The number of aryl methyl sites for hydroxylation is 1. The van der Waals surface area contributed by atoms with Gasteiger partial charge in [0.15, 0.2) is 5.69 Å². The summed E-state index contributed by atoms with van der Waals surface area (Å²) < 4.78 is 1.84. The van der Waals surface area contributed by atoms with Gasteiger partial charge in [-0.2, -0.15) is 5.10 Å². The van der Waals surface area contributed by atoms with Gasteiger partial charge in [0.05, 0.1) is 0 Å². The first-order valence-electron chi connectivity index (χ1n) is 7.99. The number of aromatic nitrogens is 4. The van der Waals surface area contributed by atoms with Gasteiger partial charge >= 0.3 is 0 Å². The fourth-order valence-electron chi connectivity index (χ4n) is 2.87. The van der Waals surface area contributed by atoms with Gasteiger partial charge in [-0.3, -0.25) is 4.79 Å². The van der Waals surface area contributed by atoms with Crippen molar-refractivity contribution in [1.82, 2.24) is 25.1 Å². The van der Waals surface area contributed by atoms with E-state index in [9.17, 15) is 4.79 Å². The number of anilines is 1. The van der Waals surface area contributed by atoms with E-state index < -0.39 is 0 Å². The Hall–Kier alpha value is -3.09. The normalized spacial score (nSPS) is 13.2. The highest BCUT2D eigenvalue weighted by Gasteiger charge is 2.16. The molecule has 0 bridgehead atoms. The zero-order chi connectivity index (χ0) is 16.4. The Morgan fingerprint density at radius 1 is 1.33 bits per heavy atom. The van der Waals surface area contributed by atoms with Crippen LogP contribution in [0, 0.1) is 0 Å². The standard InChI is InChI=1S/C17H18N6O/c24-17(14-10-15-18-6-3-9-23(15)22-14)21-11-12-4-1-2-5-13(12)16-19-7-8-20-16/h1-2,4-5,7-8,10,18H,3,6,9,11H2,(H,19,20)(H,21,24). The van der Waals surface area contributed by atoms with Crippen LogP contribution in [0.25, 0.3) is 11.4 Å². The van der Waals surface area contributed by atoms with Crippen LogP contribution in [-0.2, 0) is 13.1 Å². The van der Waals surface area contributed by atoms with Crippen LogP contribution < -0.4 is 10.6 Å². The second-order valence-electron chi connectivity index (χ2n) is 5.70. The van der Waals surface area contributed by atoms with Crippen molar-refractivity contribution in [1.29, 1.82) is 0 Å². The first-order valence-corrected chi connectivity index (χ1v) is 7.99. The van der Waals surface area contributed by atoms with Crippen LogP contribution in [0.15, 0.2) is 42.7 Å². The van der Waals surface area contributed by atoms with Crippen molar-refractivity contribution < 1.29 is 4.79 Å². The Morgan fingerprint density at radius 3 is 3.08 bits per heavy atom. The second-order valence-corrected chi connectivity index (χ2v) is 5.70. The van der Waals surface area contributed by atoms with Gasteiger partial charge in [-0.1, -0.05) is 24.3 Å². The lowest BCUT2D eigenvalue weighted by Gasteiger charge is -2.14. The van der Waals surface area contributed by atoms with Crippen molar-refractivity contribution in [2.24, 2.45) is 0 Å². The number of H-pyrrole nitrogens is 1. The number of nitrogens with one attached hydrogen (secondary N) is 3. The van der Waals surface area contributed by atoms with Crippen molar-refractivity contribution in [3.63, 3.8) is 0 Å². The Bertz CT molecular complexity index is 828. The Kier molecular flexibility index (Phi) is 3.74. The van der Waals surface area contributed by atoms with E-state index in [2.05, 4.69) is 25.7 Å². The summed E-state index contributed by atoms with van der Waals surface area (Å²) in [4.78, 5) is 19.8. The molecule has 3 aromatic rings. The molecule has 3 heterocycles. The van der Waals surface area contributed by atoms with Crippen LogP contribution in [-0.4, -0.2) is 32.2 Å². The number of fused-ring (bicyclic) bond motifs is 1. The van der Waals surface area contributed by atoms with Gasteiger partial charge in [-0.05, 0) is 12.0 Å². The highest BCUT2D eigenvalue weighted by atomic mass is 16.1. The summed E-state index contributed by atoms with van der Waals surface area (Å²) in [6.07, 6.45) is 4.52. The van der Waals surface area contributed by atoms with Gasteiger partial charge in [0.2, 0.25) is 0 Å². The van der Waals surface area contributed by atoms with E-state index in [-0.39, 0.29) is 5.91 Å². The molecule has 1 aromatic carbocycles. The summed E-state index contributed by atoms with van der Waals surface area (Å²) in [6, 6.07) is 9.68. The fraction of sp³-hybridized carbons (Fsp3) is 0.235. The molecular formula is C17H18N6O. The van der Waals surface area contributed by atoms with Crippen LogP contribution in [0.5, 0.6) is 0 Å². The first kappa shape index (κ1) is 14.5. The Balaban J connectivity index is 1.49. The van der Waals surface area contributed by atoms with Crippen LogP contribution in [0.3, 0.4) is 0 Å². The second kappa shape index (κ2) is 6.19. The molecule has 1 amide bonds. The van der Waals surface area contributed by atoms with Gasteiger partial charge in [-0.25, -0.2) is 9.67 Å².